The highest BCUT2D eigenvalue weighted by Gasteiger charge is 2.15. The van der Waals surface area contributed by atoms with Crippen molar-refractivity contribution in [2.24, 2.45) is 0 Å². The van der Waals surface area contributed by atoms with E-state index >= 15 is 0 Å². The summed E-state index contributed by atoms with van der Waals surface area (Å²) < 4.78 is 7.00. The van der Waals surface area contributed by atoms with Crippen LogP contribution >= 0.6 is 23.2 Å². The maximum absolute atomic E-state index is 12.6. The Bertz CT molecular complexity index is 954. The third kappa shape index (κ3) is 4.00. The van der Waals surface area contributed by atoms with Gasteiger partial charge in [0.15, 0.2) is 5.82 Å². The number of hydrogen-bond donors (Lipinski definition) is 1. The molecular weight excluding hydrogens is 373 g/mol. The zero-order valence-corrected chi connectivity index (χ0v) is 15.8. The van der Waals surface area contributed by atoms with Gasteiger partial charge in [0.1, 0.15) is 5.75 Å². The monoisotopic (exact) mass is 389 g/mol. The first-order chi connectivity index (χ1) is 12.5. The van der Waals surface area contributed by atoms with Gasteiger partial charge in [-0.05, 0) is 36.8 Å². The van der Waals surface area contributed by atoms with Gasteiger partial charge >= 0.3 is 0 Å². The van der Waals surface area contributed by atoms with Crippen LogP contribution < -0.4 is 10.1 Å². The zero-order chi connectivity index (χ0) is 18.7. The number of carbonyl (C=O) groups excluding carboxylic acids is 1. The van der Waals surface area contributed by atoms with Crippen LogP contribution in [-0.4, -0.2) is 22.8 Å². The van der Waals surface area contributed by atoms with Crippen molar-refractivity contribution >= 4 is 34.9 Å². The Kier molecular flexibility index (Phi) is 5.49. The van der Waals surface area contributed by atoms with Crippen molar-refractivity contribution in [1.82, 2.24) is 9.78 Å². The van der Waals surface area contributed by atoms with E-state index in [2.05, 4.69) is 10.4 Å². The number of halogens is 2. The summed E-state index contributed by atoms with van der Waals surface area (Å²) in [5.41, 5.74) is 2.20. The van der Waals surface area contributed by atoms with Gasteiger partial charge in [-0.2, -0.15) is 5.10 Å². The number of aryl methyl sites for hydroxylation is 1. The standard InChI is InChI=1S/C19H17Cl2N3O2/c1-12-9-18(23-24(12)11-13-5-3-4-6-16(13)21)22-19(25)15-10-14(20)7-8-17(15)26-2/h3-10H,11H2,1-2H3,(H,22,23,25). The second-order valence-corrected chi connectivity index (χ2v) is 6.56. The van der Waals surface area contributed by atoms with Crippen molar-refractivity contribution in [3.8, 4) is 5.75 Å². The van der Waals surface area contributed by atoms with Crippen LogP contribution in [0.1, 0.15) is 21.6 Å². The number of nitrogens with one attached hydrogen (secondary N) is 1. The minimum atomic E-state index is -0.341. The van der Waals surface area contributed by atoms with E-state index in [4.69, 9.17) is 27.9 Å². The second kappa shape index (κ2) is 7.81. The maximum Gasteiger partial charge on any atom is 0.260 e. The molecule has 0 aliphatic carbocycles. The molecule has 2 aromatic carbocycles. The third-order valence-electron chi connectivity index (χ3n) is 3.91. The van der Waals surface area contributed by atoms with Crippen molar-refractivity contribution < 1.29 is 9.53 Å². The van der Waals surface area contributed by atoms with Gasteiger partial charge in [-0.3, -0.25) is 9.48 Å². The van der Waals surface area contributed by atoms with Gasteiger partial charge in [-0.1, -0.05) is 41.4 Å². The van der Waals surface area contributed by atoms with Crippen LogP contribution in [0.15, 0.2) is 48.5 Å². The average Bonchev–Trinajstić information content (AvgIpc) is 2.96. The number of amides is 1. The molecule has 1 heterocycles. The molecule has 1 aromatic heterocycles. The number of aromatic nitrogens is 2. The van der Waals surface area contributed by atoms with Gasteiger partial charge in [0.05, 0.1) is 19.2 Å². The number of carbonyl (C=O) groups is 1. The minimum Gasteiger partial charge on any atom is -0.496 e. The first kappa shape index (κ1) is 18.3. The number of rotatable bonds is 5. The normalized spacial score (nSPS) is 10.6. The molecule has 5 nitrogen and oxygen atoms in total. The smallest absolute Gasteiger partial charge is 0.260 e. The summed E-state index contributed by atoms with van der Waals surface area (Å²) in [6.07, 6.45) is 0. The number of nitrogens with zero attached hydrogens (tertiary/aromatic N) is 2. The number of methoxy groups -OCH3 is 1. The van der Waals surface area contributed by atoms with Crippen LogP contribution in [0.25, 0.3) is 0 Å². The third-order valence-corrected chi connectivity index (χ3v) is 4.51. The summed E-state index contributed by atoms with van der Waals surface area (Å²) in [4.78, 5) is 12.6. The van der Waals surface area contributed by atoms with Crippen LogP contribution in [0.2, 0.25) is 10.0 Å². The first-order valence-corrected chi connectivity index (χ1v) is 8.66. The lowest BCUT2D eigenvalue weighted by Gasteiger charge is -2.08. The molecule has 0 atom stereocenters. The van der Waals surface area contributed by atoms with Crippen molar-refractivity contribution in [1.29, 1.82) is 0 Å². The molecule has 0 unspecified atom stereocenters. The average molecular weight is 390 g/mol. The number of ether oxygens (including phenoxy) is 1. The topological polar surface area (TPSA) is 56.1 Å². The summed E-state index contributed by atoms with van der Waals surface area (Å²) in [7, 11) is 1.50. The van der Waals surface area contributed by atoms with E-state index in [9.17, 15) is 4.79 Å². The lowest BCUT2D eigenvalue weighted by atomic mass is 10.2. The van der Waals surface area contributed by atoms with E-state index in [1.54, 1.807) is 28.9 Å². The molecule has 0 fully saturated rings. The van der Waals surface area contributed by atoms with Crippen LogP contribution in [0.5, 0.6) is 5.75 Å². The van der Waals surface area contributed by atoms with E-state index in [1.165, 1.54) is 7.11 Å². The first-order valence-electron chi connectivity index (χ1n) is 7.90. The van der Waals surface area contributed by atoms with Gasteiger partial charge in [-0.25, -0.2) is 0 Å². The fraction of sp³-hybridized carbons (Fsp3) is 0.158. The Hall–Kier alpha value is -2.50. The molecule has 134 valence electrons. The molecule has 1 N–H and O–H groups in total. The lowest BCUT2D eigenvalue weighted by molar-refractivity contribution is 0.102. The zero-order valence-electron chi connectivity index (χ0n) is 14.3. The van der Waals surface area contributed by atoms with Gasteiger partial charge in [0.2, 0.25) is 0 Å². The molecule has 26 heavy (non-hydrogen) atoms. The van der Waals surface area contributed by atoms with E-state index in [0.717, 1.165) is 11.3 Å². The Labute approximate surface area is 161 Å². The summed E-state index contributed by atoms with van der Waals surface area (Å²) in [6, 6.07) is 14.3. The maximum atomic E-state index is 12.6. The fourth-order valence-electron chi connectivity index (χ4n) is 2.56. The Morgan fingerprint density at radius 2 is 1.96 bits per heavy atom. The molecule has 3 rings (SSSR count). The fourth-order valence-corrected chi connectivity index (χ4v) is 2.93. The Morgan fingerprint density at radius 3 is 2.69 bits per heavy atom. The molecule has 3 aromatic rings. The summed E-state index contributed by atoms with van der Waals surface area (Å²) >= 11 is 12.2. The molecule has 7 heteroatoms. The van der Waals surface area contributed by atoms with Crippen molar-refractivity contribution in [3.05, 3.63) is 75.4 Å². The van der Waals surface area contributed by atoms with Crippen molar-refractivity contribution in [3.63, 3.8) is 0 Å². The predicted octanol–water partition coefficient (Wildman–Crippen LogP) is 4.81. The quantitative estimate of drug-likeness (QED) is 0.681. The molecule has 1 amide bonds. The van der Waals surface area contributed by atoms with Crippen molar-refractivity contribution in [2.45, 2.75) is 13.5 Å². The lowest BCUT2D eigenvalue weighted by Crippen LogP contribution is -2.14. The molecule has 0 aliphatic rings. The number of anilines is 1. The molecule has 0 aliphatic heterocycles. The van der Waals surface area contributed by atoms with E-state index in [0.29, 0.717) is 33.7 Å². The Balaban J connectivity index is 1.80. The molecular formula is C19H17Cl2N3O2. The van der Waals surface area contributed by atoms with Gasteiger partial charge < -0.3 is 10.1 Å². The summed E-state index contributed by atoms with van der Waals surface area (Å²) in [5, 5.41) is 8.35. The SMILES string of the molecule is COc1ccc(Cl)cc1C(=O)Nc1cc(C)n(Cc2ccccc2Cl)n1. The highest BCUT2D eigenvalue weighted by molar-refractivity contribution is 6.31. The van der Waals surface area contributed by atoms with Crippen LogP contribution in [0.4, 0.5) is 5.82 Å². The largest absolute Gasteiger partial charge is 0.496 e. The highest BCUT2D eigenvalue weighted by atomic mass is 35.5. The Morgan fingerprint density at radius 1 is 1.19 bits per heavy atom. The minimum absolute atomic E-state index is 0.341. The van der Waals surface area contributed by atoms with E-state index in [-0.39, 0.29) is 5.91 Å². The highest BCUT2D eigenvalue weighted by Crippen LogP contribution is 2.24. The van der Waals surface area contributed by atoms with Crippen LogP contribution in [0.3, 0.4) is 0 Å². The molecule has 0 spiro atoms. The van der Waals surface area contributed by atoms with Crippen LogP contribution in [-0.2, 0) is 6.54 Å². The van der Waals surface area contributed by atoms with Gasteiger partial charge in [0.25, 0.3) is 5.91 Å². The summed E-state index contributed by atoms with van der Waals surface area (Å²) in [5.74, 6) is 0.549. The van der Waals surface area contributed by atoms with E-state index in [1.807, 2.05) is 31.2 Å². The molecule has 0 radical (unpaired) electrons. The molecule has 0 bridgehead atoms. The van der Waals surface area contributed by atoms with Crippen LogP contribution in [0, 0.1) is 6.92 Å². The number of benzene rings is 2. The van der Waals surface area contributed by atoms with Gasteiger partial charge in [-0.15, -0.1) is 0 Å². The van der Waals surface area contributed by atoms with E-state index < -0.39 is 0 Å². The predicted molar refractivity (Wildman–Crippen MR) is 103 cm³/mol. The molecule has 0 saturated heterocycles. The van der Waals surface area contributed by atoms with Crippen molar-refractivity contribution in [2.75, 3.05) is 12.4 Å². The summed E-state index contributed by atoms with van der Waals surface area (Å²) in [6.45, 7) is 2.43. The second-order valence-electron chi connectivity index (χ2n) is 5.72. The number of hydrogen-bond acceptors (Lipinski definition) is 3. The molecule has 0 saturated carbocycles. The van der Waals surface area contributed by atoms with Gasteiger partial charge in [0, 0.05) is 21.8 Å².